The van der Waals surface area contributed by atoms with Crippen LogP contribution in [0.2, 0.25) is 0 Å². The van der Waals surface area contributed by atoms with E-state index in [0.29, 0.717) is 5.56 Å². The number of nitrogens with one attached hydrogen (secondary N) is 1. The monoisotopic (exact) mass is 388 g/mol. The van der Waals surface area contributed by atoms with Crippen LogP contribution in [0, 0.1) is 0 Å². The zero-order valence-electron chi connectivity index (χ0n) is 13.6. The first-order valence-corrected chi connectivity index (χ1v) is 7.80. The van der Waals surface area contributed by atoms with E-state index in [1.807, 2.05) is 0 Å². The fourth-order valence-electron chi connectivity index (χ4n) is 2.90. The summed E-state index contributed by atoms with van der Waals surface area (Å²) < 4.78 is 42.1. The predicted molar refractivity (Wildman–Crippen MR) is 94.3 cm³/mol. The molecular formula is C16H25Cl2F3N2O. The second kappa shape index (κ2) is 11.0. The number of hydrogen-bond acceptors (Lipinski definition) is 3. The molecular weight excluding hydrogens is 364 g/mol. The molecule has 1 atom stereocenters. The molecule has 2 rings (SSSR count). The molecule has 0 aromatic heterocycles. The Labute approximate surface area is 153 Å². The van der Waals surface area contributed by atoms with Crippen molar-refractivity contribution >= 4 is 24.8 Å². The Morgan fingerprint density at radius 2 is 1.79 bits per heavy atom. The van der Waals surface area contributed by atoms with Gasteiger partial charge in [0.1, 0.15) is 5.75 Å². The van der Waals surface area contributed by atoms with Crippen molar-refractivity contribution < 1.29 is 17.9 Å². The van der Waals surface area contributed by atoms with Crippen molar-refractivity contribution in [2.24, 2.45) is 0 Å². The van der Waals surface area contributed by atoms with E-state index in [2.05, 4.69) is 21.9 Å². The fraction of sp³-hybridized carbons (Fsp3) is 0.625. The summed E-state index contributed by atoms with van der Waals surface area (Å²) in [4.78, 5) is 2.25. The zero-order valence-corrected chi connectivity index (χ0v) is 15.3. The molecule has 24 heavy (non-hydrogen) atoms. The molecule has 8 heteroatoms. The van der Waals surface area contributed by atoms with Crippen LogP contribution < -0.4 is 10.1 Å². The SMILES string of the molecule is CCCC[C@H](c1ccccc1OC(F)(F)F)N1CCNCC1.Cl.Cl. The summed E-state index contributed by atoms with van der Waals surface area (Å²) in [5.41, 5.74) is 0.634. The third kappa shape index (κ3) is 7.05. The van der Waals surface area contributed by atoms with E-state index < -0.39 is 6.36 Å². The van der Waals surface area contributed by atoms with Gasteiger partial charge in [0.2, 0.25) is 0 Å². The second-order valence-corrected chi connectivity index (χ2v) is 5.53. The summed E-state index contributed by atoms with van der Waals surface area (Å²) in [6.45, 7) is 5.51. The lowest BCUT2D eigenvalue weighted by atomic mass is 9.98. The van der Waals surface area contributed by atoms with Gasteiger partial charge >= 0.3 is 6.36 Å². The van der Waals surface area contributed by atoms with Crippen LogP contribution in [0.1, 0.15) is 37.8 Å². The van der Waals surface area contributed by atoms with Gasteiger partial charge in [-0.25, -0.2) is 0 Å². The Morgan fingerprint density at radius 3 is 2.38 bits per heavy atom. The van der Waals surface area contributed by atoms with E-state index in [4.69, 9.17) is 0 Å². The minimum absolute atomic E-state index is 0. The number of benzene rings is 1. The standard InChI is InChI=1S/C16H23F3N2O.2ClH/c1-2-3-7-14(21-11-9-20-10-12-21)13-6-4-5-8-15(13)22-16(17,18)19;;/h4-6,8,14,20H,2-3,7,9-12H2,1H3;2*1H/t14-;;/m1../s1. The maximum atomic E-state index is 12.6. The summed E-state index contributed by atoms with van der Waals surface area (Å²) >= 11 is 0. The summed E-state index contributed by atoms with van der Waals surface area (Å²) in [6.07, 6.45) is -1.82. The lowest BCUT2D eigenvalue weighted by Gasteiger charge is -2.36. The molecule has 0 amide bonds. The molecule has 1 aliphatic heterocycles. The molecule has 0 unspecified atom stereocenters. The van der Waals surface area contributed by atoms with Crippen molar-refractivity contribution in [3.8, 4) is 5.75 Å². The lowest BCUT2D eigenvalue weighted by Crippen LogP contribution is -2.45. The number of ether oxygens (including phenoxy) is 1. The van der Waals surface area contributed by atoms with Gasteiger partial charge in [0.25, 0.3) is 0 Å². The summed E-state index contributed by atoms with van der Waals surface area (Å²) in [7, 11) is 0. The quantitative estimate of drug-likeness (QED) is 0.772. The van der Waals surface area contributed by atoms with Crippen LogP contribution in [0.4, 0.5) is 13.2 Å². The van der Waals surface area contributed by atoms with E-state index in [1.165, 1.54) is 6.07 Å². The highest BCUT2D eigenvalue weighted by Crippen LogP contribution is 2.35. The molecule has 0 radical (unpaired) electrons. The van der Waals surface area contributed by atoms with Crippen molar-refractivity contribution in [3.05, 3.63) is 29.8 Å². The van der Waals surface area contributed by atoms with E-state index in [9.17, 15) is 13.2 Å². The largest absolute Gasteiger partial charge is 0.573 e. The highest BCUT2D eigenvalue weighted by Gasteiger charge is 2.33. The van der Waals surface area contributed by atoms with Gasteiger partial charge in [-0.2, -0.15) is 0 Å². The Hall–Kier alpha value is -0.690. The molecule has 3 nitrogen and oxygen atoms in total. The Bertz CT molecular complexity index is 469. The number of piperazine rings is 1. The molecule has 1 aromatic rings. The first-order valence-electron chi connectivity index (χ1n) is 7.80. The number of rotatable bonds is 6. The first-order chi connectivity index (χ1) is 10.5. The molecule has 1 aliphatic rings. The van der Waals surface area contributed by atoms with E-state index in [-0.39, 0.29) is 36.6 Å². The molecule has 140 valence electrons. The van der Waals surface area contributed by atoms with Crippen LogP contribution in [-0.2, 0) is 0 Å². The molecule has 1 heterocycles. The maximum Gasteiger partial charge on any atom is 0.573 e. The summed E-state index contributed by atoms with van der Waals surface area (Å²) in [5.74, 6) is -0.0744. The van der Waals surface area contributed by atoms with Crippen molar-refractivity contribution in [3.63, 3.8) is 0 Å². The third-order valence-corrected chi connectivity index (χ3v) is 3.93. The number of halogens is 5. The minimum atomic E-state index is -4.66. The minimum Gasteiger partial charge on any atom is -0.405 e. The van der Waals surface area contributed by atoms with Gasteiger partial charge in [-0.15, -0.1) is 38.0 Å². The second-order valence-electron chi connectivity index (χ2n) is 5.53. The van der Waals surface area contributed by atoms with Crippen LogP contribution in [0.3, 0.4) is 0 Å². The first kappa shape index (κ1) is 23.3. The van der Waals surface area contributed by atoms with Gasteiger partial charge in [-0.1, -0.05) is 38.0 Å². The molecule has 0 spiro atoms. The summed E-state index contributed by atoms with van der Waals surface area (Å²) in [5, 5.41) is 3.28. The van der Waals surface area contributed by atoms with Crippen LogP contribution in [0.25, 0.3) is 0 Å². The summed E-state index contributed by atoms with van der Waals surface area (Å²) in [6, 6.07) is 6.49. The van der Waals surface area contributed by atoms with Crippen LogP contribution in [0.15, 0.2) is 24.3 Å². The average molecular weight is 389 g/mol. The molecule has 0 aliphatic carbocycles. The molecule has 1 saturated heterocycles. The van der Waals surface area contributed by atoms with Crippen LogP contribution >= 0.6 is 24.8 Å². The van der Waals surface area contributed by atoms with Crippen molar-refractivity contribution in [1.29, 1.82) is 0 Å². The number of para-hydroxylation sites is 1. The van der Waals surface area contributed by atoms with Gasteiger partial charge in [0.15, 0.2) is 0 Å². The predicted octanol–water partition coefficient (Wildman–Crippen LogP) is 4.57. The van der Waals surface area contributed by atoms with Crippen molar-refractivity contribution in [1.82, 2.24) is 10.2 Å². The number of nitrogens with zero attached hydrogens (tertiary/aromatic N) is 1. The number of hydrogen-bond donors (Lipinski definition) is 1. The van der Waals surface area contributed by atoms with Gasteiger partial charge < -0.3 is 10.1 Å². The van der Waals surface area contributed by atoms with Crippen LogP contribution in [-0.4, -0.2) is 37.4 Å². The highest BCUT2D eigenvalue weighted by atomic mass is 35.5. The van der Waals surface area contributed by atoms with Gasteiger partial charge in [0, 0.05) is 37.8 Å². The van der Waals surface area contributed by atoms with Crippen molar-refractivity contribution in [2.45, 2.75) is 38.6 Å². The molecule has 0 bridgehead atoms. The maximum absolute atomic E-state index is 12.6. The highest BCUT2D eigenvalue weighted by molar-refractivity contribution is 5.85. The lowest BCUT2D eigenvalue weighted by molar-refractivity contribution is -0.275. The van der Waals surface area contributed by atoms with Gasteiger partial charge in [0.05, 0.1) is 0 Å². The molecule has 1 aromatic carbocycles. The number of unbranched alkanes of at least 4 members (excludes halogenated alkanes) is 1. The smallest absolute Gasteiger partial charge is 0.405 e. The van der Waals surface area contributed by atoms with Gasteiger partial charge in [-0.05, 0) is 12.5 Å². The van der Waals surface area contributed by atoms with E-state index in [1.54, 1.807) is 18.2 Å². The van der Waals surface area contributed by atoms with E-state index in [0.717, 1.165) is 45.4 Å². The van der Waals surface area contributed by atoms with Gasteiger partial charge in [-0.3, -0.25) is 4.90 Å². The normalized spacial score (nSPS) is 16.7. The Balaban J connectivity index is 0.00000264. The third-order valence-electron chi connectivity index (χ3n) is 3.93. The molecule has 1 N–H and O–H groups in total. The Morgan fingerprint density at radius 1 is 1.17 bits per heavy atom. The zero-order chi connectivity index (χ0) is 16.0. The topological polar surface area (TPSA) is 24.5 Å². The average Bonchev–Trinajstić information content (AvgIpc) is 2.49. The van der Waals surface area contributed by atoms with Crippen molar-refractivity contribution in [2.75, 3.05) is 26.2 Å². The number of alkyl halides is 3. The fourth-order valence-corrected chi connectivity index (χ4v) is 2.90. The molecule has 0 saturated carbocycles. The molecule has 1 fully saturated rings. The Kier molecular flexibility index (Phi) is 10.7. The van der Waals surface area contributed by atoms with E-state index >= 15 is 0 Å². The van der Waals surface area contributed by atoms with Crippen LogP contribution in [0.5, 0.6) is 5.75 Å².